The Morgan fingerprint density at radius 3 is 2.33 bits per heavy atom. The molecule has 0 rings (SSSR count). The quantitative estimate of drug-likeness (QED) is 0.386. The van der Waals surface area contributed by atoms with Gasteiger partial charge in [-0.3, -0.25) is 4.79 Å². The van der Waals surface area contributed by atoms with Crippen molar-refractivity contribution in [3.8, 4) is 0 Å². The molecule has 2 unspecified atom stereocenters. The molecule has 0 saturated heterocycles. The zero-order chi connectivity index (χ0) is 9.72. The van der Waals surface area contributed by atoms with E-state index >= 15 is 0 Å². The molecule has 0 aliphatic rings. The van der Waals surface area contributed by atoms with E-state index in [-0.39, 0.29) is 0 Å². The highest BCUT2D eigenvalue weighted by atomic mass is 35.5. The van der Waals surface area contributed by atoms with E-state index < -0.39 is 30.2 Å². The number of carbonyl (C=O) groups excluding carboxylic acids is 2. The van der Waals surface area contributed by atoms with Crippen molar-refractivity contribution in [1.82, 2.24) is 0 Å². The van der Waals surface area contributed by atoms with E-state index in [9.17, 15) is 18.4 Å². The predicted octanol–water partition coefficient (Wildman–Crippen LogP) is 0.991. The van der Waals surface area contributed by atoms with Gasteiger partial charge in [-0.25, -0.2) is 13.6 Å². The fraction of sp³-hybridized carbons (Fsp3) is 0.667. The number of ether oxygens (including phenoxy) is 1. The van der Waals surface area contributed by atoms with E-state index in [0.717, 1.165) is 6.92 Å². The van der Waals surface area contributed by atoms with Crippen molar-refractivity contribution in [1.29, 1.82) is 0 Å². The van der Waals surface area contributed by atoms with E-state index in [0.29, 0.717) is 0 Å². The van der Waals surface area contributed by atoms with E-state index in [1.54, 1.807) is 0 Å². The molecule has 6 heteroatoms. The van der Waals surface area contributed by atoms with Gasteiger partial charge < -0.3 is 4.74 Å². The topological polar surface area (TPSA) is 43.4 Å². The number of carbonyl (C=O) groups is 2. The second-order valence-electron chi connectivity index (χ2n) is 1.99. The summed E-state index contributed by atoms with van der Waals surface area (Å²) in [6.07, 6.45) is -1.71. The molecule has 12 heavy (non-hydrogen) atoms. The van der Waals surface area contributed by atoms with Crippen molar-refractivity contribution in [2.75, 3.05) is 6.67 Å². The molecule has 0 saturated carbocycles. The molecule has 0 N–H and O–H groups in total. The molecule has 0 aromatic carbocycles. The first-order valence-electron chi connectivity index (χ1n) is 3.04. The Labute approximate surface area is 72.6 Å². The van der Waals surface area contributed by atoms with Crippen molar-refractivity contribution in [2.45, 2.75) is 18.7 Å². The predicted molar refractivity (Wildman–Crippen MR) is 37.3 cm³/mol. The lowest BCUT2D eigenvalue weighted by Gasteiger charge is -2.12. The van der Waals surface area contributed by atoms with Crippen LogP contribution in [0.2, 0.25) is 0 Å². The number of halogens is 3. The minimum atomic E-state index is -2.14. The van der Waals surface area contributed by atoms with Crippen LogP contribution in [-0.2, 0) is 14.3 Å². The fourth-order valence-electron chi connectivity index (χ4n) is 0.371. The van der Waals surface area contributed by atoms with Gasteiger partial charge in [0.25, 0.3) is 0 Å². The molecule has 0 bridgehead atoms. The minimum absolute atomic E-state index is 0.925. The number of ketones is 1. The number of alkyl halides is 3. The van der Waals surface area contributed by atoms with Crippen molar-refractivity contribution >= 4 is 23.4 Å². The Morgan fingerprint density at radius 1 is 1.58 bits per heavy atom. The number of esters is 1. The Kier molecular flexibility index (Phi) is 4.73. The zero-order valence-electron chi connectivity index (χ0n) is 6.22. The molecular formula is C6H7ClF2O3. The summed E-state index contributed by atoms with van der Waals surface area (Å²) >= 11 is 4.80. The molecule has 0 aromatic heterocycles. The second kappa shape index (κ2) is 5.03. The summed E-state index contributed by atoms with van der Waals surface area (Å²) in [7, 11) is 0. The van der Waals surface area contributed by atoms with Crippen LogP contribution < -0.4 is 0 Å². The first kappa shape index (κ1) is 11.3. The highest BCUT2D eigenvalue weighted by Crippen LogP contribution is 2.09. The number of hydrogen-bond donors (Lipinski definition) is 0. The lowest BCUT2D eigenvalue weighted by molar-refractivity contribution is -0.159. The highest BCUT2D eigenvalue weighted by Gasteiger charge is 2.24. The Morgan fingerprint density at radius 2 is 2.08 bits per heavy atom. The van der Waals surface area contributed by atoms with E-state index in [1.807, 2.05) is 0 Å². The van der Waals surface area contributed by atoms with Gasteiger partial charge in [-0.05, 0) is 0 Å². The lowest BCUT2D eigenvalue weighted by atomic mass is 10.4. The molecule has 70 valence electrons. The van der Waals surface area contributed by atoms with Crippen LogP contribution in [0.5, 0.6) is 0 Å². The third-order valence-corrected chi connectivity index (χ3v) is 1.26. The van der Waals surface area contributed by atoms with Crippen LogP contribution in [0.1, 0.15) is 6.92 Å². The lowest BCUT2D eigenvalue weighted by Crippen LogP contribution is -2.29. The number of rotatable bonds is 4. The number of hydrogen-bond acceptors (Lipinski definition) is 3. The summed E-state index contributed by atoms with van der Waals surface area (Å²) in [5.74, 6) is -2.22. The fourth-order valence-corrected chi connectivity index (χ4v) is 0.490. The van der Waals surface area contributed by atoms with Crippen LogP contribution in [0, 0.1) is 0 Å². The molecule has 0 aliphatic carbocycles. The molecule has 0 radical (unpaired) electrons. The first-order chi connectivity index (χ1) is 5.49. The van der Waals surface area contributed by atoms with Crippen LogP contribution in [-0.4, -0.2) is 30.2 Å². The van der Waals surface area contributed by atoms with Gasteiger partial charge in [0, 0.05) is 6.92 Å². The van der Waals surface area contributed by atoms with Crippen molar-refractivity contribution in [2.24, 2.45) is 0 Å². The Hall–Kier alpha value is -0.710. The average molecular weight is 201 g/mol. The SMILES string of the molecule is CC(=O)C(=O)OC(CF)C(F)Cl. The smallest absolute Gasteiger partial charge is 0.374 e. The molecule has 0 fully saturated rings. The van der Waals surface area contributed by atoms with Crippen LogP contribution in [0.4, 0.5) is 8.78 Å². The average Bonchev–Trinajstić information content (AvgIpc) is 1.98. The summed E-state index contributed by atoms with van der Waals surface area (Å²) in [5.41, 5.74) is -2.14. The minimum Gasteiger partial charge on any atom is -0.449 e. The molecule has 0 heterocycles. The Bertz CT molecular complexity index is 184. The van der Waals surface area contributed by atoms with Crippen molar-refractivity contribution < 1.29 is 23.1 Å². The van der Waals surface area contributed by atoms with E-state index in [4.69, 9.17) is 11.6 Å². The molecule has 3 nitrogen and oxygen atoms in total. The molecular weight excluding hydrogens is 194 g/mol. The normalized spacial score (nSPS) is 15.0. The van der Waals surface area contributed by atoms with E-state index in [2.05, 4.69) is 4.74 Å². The molecule has 0 spiro atoms. The summed E-state index contributed by atoms with van der Waals surface area (Å²) in [5, 5.41) is 0. The van der Waals surface area contributed by atoms with E-state index in [1.165, 1.54) is 0 Å². The molecule has 0 aromatic rings. The van der Waals surface area contributed by atoms with Gasteiger partial charge in [-0.15, -0.1) is 0 Å². The Balaban J connectivity index is 4.03. The van der Waals surface area contributed by atoms with Gasteiger partial charge in [0.1, 0.15) is 6.67 Å². The summed E-state index contributed by atoms with van der Waals surface area (Å²) in [4.78, 5) is 20.7. The van der Waals surface area contributed by atoms with Crippen molar-refractivity contribution in [3.05, 3.63) is 0 Å². The van der Waals surface area contributed by atoms with Gasteiger partial charge in [-0.2, -0.15) is 0 Å². The molecule has 0 aliphatic heterocycles. The maximum atomic E-state index is 12.1. The third kappa shape index (κ3) is 3.61. The second-order valence-corrected chi connectivity index (χ2v) is 2.41. The van der Waals surface area contributed by atoms with Gasteiger partial charge >= 0.3 is 5.97 Å². The standard InChI is InChI=1S/C6H7ClF2O3/c1-3(10)6(11)12-4(2-8)5(7)9/h4-5H,2H2,1H3. The van der Waals surface area contributed by atoms with Gasteiger partial charge in [0.15, 0.2) is 6.10 Å². The van der Waals surface area contributed by atoms with Gasteiger partial charge in [0.2, 0.25) is 11.4 Å². The molecule has 2 atom stereocenters. The van der Waals surface area contributed by atoms with Crippen LogP contribution >= 0.6 is 11.6 Å². The van der Waals surface area contributed by atoms with Crippen LogP contribution in [0.3, 0.4) is 0 Å². The highest BCUT2D eigenvalue weighted by molar-refractivity contribution is 6.32. The monoisotopic (exact) mass is 200 g/mol. The summed E-state index contributed by atoms with van der Waals surface area (Å²) < 4.78 is 28.0. The first-order valence-corrected chi connectivity index (χ1v) is 3.48. The largest absolute Gasteiger partial charge is 0.449 e. The third-order valence-electron chi connectivity index (χ3n) is 0.979. The maximum absolute atomic E-state index is 12.1. The molecule has 0 amide bonds. The zero-order valence-corrected chi connectivity index (χ0v) is 6.98. The summed E-state index contributed by atoms with van der Waals surface area (Å²) in [6, 6.07) is 0. The summed E-state index contributed by atoms with van der Waals surface area (Å²) in [6.45, 7) is -0.331. The number of Topliss-reactive ketones (excluding diaryl/α,β-unsaturated/α-hetero) is 1. The van der Waals surface area contributed by atoms with Gasteiger partial charge in [-0.1, -0.05) is 11.6 Å². The van der Waals surface area contributed by atoms with Gasteiger partial charge in [0.05, 0.1) is 0 Å². The van der Waals surface area contributed by atoms with Crippen LogP contribution in [0.15, 0.2) is 0 Å². The maximum Gasteiger partial charge on any atom is 0.374 e. The van der Waals surface area contributed by atoms with Crippen LogP contribution in [0.25, 0.3) is 0 Å². The van der Waals surface area contributed by atoms with Crippen molar-refractivity contribution in [3.63, 3.8) is 0 Å².